The van der Waals surface area contributed by atoms with E-state index in [9.17, 15) is 4.79 Å². The highest BCUT2D eigenvalue weighted by Gasteiger charge is 2.15. The van der Waals surface area contributed by atoms with Crippen molar-refractivity contribution in [1.29, 1.82) is 0 Å². The predicted octanol–water partition coefficient (Wildman–Crippen LogP) is 3.64. The van der Waals surface area contributed by atoms with Gasteiger partial charge in [-0.15, -0.1) is 10.2 Å². The van der Waals surface area contributed by atoms with Crippen molar-refractivity contribution in [3.63, 3.8) is 0 Å². The zero-order valence-corrected chi connectivity index (χ0v) is 14.3. The van der Waals surface area contributed by atoms with Gasteiger partial charge in [-0.05, 0) is 44.2 Å². The van der Waals surface area contributed by atoms with Crippen LogP contribution in [-0.4, -0.2) is 33.2 Å². The van der Waals surface area contributed by atoms with Gasteiger partial charge in [0.1, 0.15) is 24.2 Å². The number of benzene rings is 1. The van der Waals surface area contributed by atoms with Gasteiger partial charge < -0.3 is 9.15 Å². The van der Waals surface area contributed by atoms with E-state index in [-0.39, 0.29) is 6.10 Å². The van der Waals surface area contributed by atoms with Crippen molar-refractivity contribution in [2.24, 2.45) is 5.10 Å². The number of hydrogen-bond donors (Lipinski definition) is 0. The lowest BCUT2D eigenvalue weighted by molar-refractivity contribution is 0.0378. The van der Waals surface area contributed by atoms with Gasteiger partial charge in [-0.1, -0.05) is 11.6 Å². The van der Waals surface area contributed by atoms with Gasteiger partial charge in [0.2, 0.25) is 0 Å². The summed E-state index contributed by atoms with van der Waals surface area (Å²) in [5.74, 6) is 0.660. The van der Waals surface area contributed by atoms with Crippen molar-refractivity contribution >= 4 is 23.8 Å². The molecule has 128 valence electrons. The Labute approximate surface area is 148 Å². The van der Waals surface area contributed by atoms with Crippen LogP contribution in [0.5, 0.6) is 0 Å². The van der Waals surface area contributed by atoms with Crippen LogP contribution in [0, 0.1) is 0 Å². The third kappa shape index (κ3) is 4.13. The van der Waals surface area contributed by atoms with Gasteiger partial charge in [0.25, 0.3) is 0 Å². The number of carbonyl (C=O) groups is 1. The van der Waals surface area contributed by atoms with E-state index < -0.39 is 5.97 Å². The van der Waals surface area contributed by atoms with Crippen LogP contribution < -0.4 is 0 Å². The molecule has 2 heterocycles. The molecule has 8 heteroatoms. The highest BCUT2D eigenvalue weighted by Crippen LogP contribution is 2.27. The van der Waals surface area contributed by atoms with Crippen molar-refractivity contribution in [3.8, 4) is 11.3 Å². The summed E-state index contributed by atoms with van der Waals surface area (Å²) in [5.41, 5.74) is 1.01. The van der Waals surface area contributed by atoms with E-state index in [1.54, 1.807) is 44.2 Å². The number of hydrogen-bond acceptors (Lipinski definition) is 6. The van der Waals surface area contributed by atoms with Crippen LogP contribution in [0.4, 0.5) is 0 Å². The molecule has 0 unspecified atom stereocenters. The van der Waals surface area contributed by atoms with Crippen LogP contribution in [0.15, 0.2) is 52.5 Å². The zero-order valence-electron chi connectivity index (χ0n) is 13.6. The van der Waals surface area contributed by atoms with Crippen LogP contribution in [0.2, 0.25) is 5.02 Å². The van der Waals surface area contributed by atoms with Gasteiger partial charge >= 0.3 is 5.97 Å². The van der Waals surface area contributed by atoms with Crippen LogP contribution in [-0.2, 0) is 4.74 Å². The molecule has 0 saturated carbocycles. The summed E-state index contributed by atoms with van der Waals surface area (Å²) in [6, 6.07) is 8.61. The number of rotatable bonds is 5. The van der Waals surface area contributed by atoms with E-state index >= 15 is 0 Å². The maximum absolute atomic E-state index is 12.1. The minimum atomic E-state index is -0.470. The fraction of sp³-hybridized carbons (Fsp3) is 0.176. The number of carbonyl (C=O) groups excluding carboxylic acids is 1. The molecule has 0 amide bonds. The quantitative estimate of drug-likeness (QED) is 0.513. The molecule has 0 spiro atoms. The lowest BCUT2D eigenvalue weighted by Crippen LogP contribution is -2.12. The van der Waals surface area contributed by atoms with E-state index in [2.05, 4.69) is 15.3 Å². The third-order valence-electron chi connectivity index (χ3n) is 3.17. The fourth-order valence-corrected chi connectivity index (χ4v) is 2.26. The summed E-state index contributed by atoms with van der Waals surface area (Å²) in [6.07, 6.45) is 4.24. The Morgan fingerprint density at radius 1 is 1.28 bits per heavy atom. The molecule has 7 nitrogen and oxygen atoms in total. The molecule has 0 aliphatic rings. The minimum Gasteiger partial charge on any atom is -0.459 e. The highest BCUT2D eigenvalue weighted by atomic mass is 35.5. The topological polar surface area (TPSA) is 82.5 Å². The molecule has 0 N–H and O–H groups in total. The first-order chi connectivity index (χ1) is 12.0. The van der Waals surface area contributed by atoms with E-state index in [1.807, 2.05) is 0 Å². The summed E-state index contributed by atoms with van der Waals surface area (Å²) < 4.78 is 12.4. The van der Waals surface area contributed by atoms with Gasteiger partial charge in [0, 0.05) is 5.56 Å². The van der Waals surface area contributed by atoms with Crippen molar-refractivity contribution in [2.75, 3.05) is 0 Å². The van der Waals surface area contributed by atoms with Crippen molar-refractivity contribution in [1.82, 2.24) is 14.9 Å². The Morgan fingerprint density at radius 3 is 2.76 bits per heavy atom. The molecule has 0 atom stereocenters. The monoisotopic (exact) mass is 358 g/mol. The molecule has 0 radical (unpaired) electrons. The summed E-state index contributed by atoms with van der Waals surface area (Å²) in [4.78, 5) is 12.1. The first-order valence-electron chi connectivity index (χ1n) is 7.52. The minimum absolute atomic E-state index is 0.226. The molecule has 0 fully saturated rings. The maximum Gasteiger partial charge on any atom is 0.339 e. The molecule has 3 rings (SSSR count). The molecule has 0 aliphatic heterocycles. The Morgan fingerprint density at radius 2 is 2.04 bits per heavy atom. The Hall–Kier alpha value is -2.93. The molecule has 0 bridgehead atoms. The first-order valence-corrected chi connectivity index (χ1v) is 7.90. The zero-order chi connectivity index (χ0) is 17.8. The molecular formula is C17H15ClN4O3. The van der Waals surface area contributed by atoms with Gasteiger partial charge in [-0.2, -0.15) is 5.10 Å². The van der Waals surface area contributed by atoms with Crippen molar-refractivity contribution < 1.29 is 13.9 Å². The molecule has 2 aromatic heterocycles. The Kier molecular flexibility index (Phi) is 4.95. The van der Waals surface area contributed by atoms with Crippen LogP contribution in [0.3, 0.4) is 0 Å². The summed E-state index contributed by atoms with van der Waals surface area (Å²) in [6.45, 7) is 3.56. The van der Waals surface area contributed by atoms with E-state index in [0.717, 1.165) is 0 Å². The predicted molar refractivity (Wildman–Crippen MR) is 92.7 cm³/mol. The largest absolute Gasteiger partial charge is 0.459 e. The molecule has 0 saturated heterocycles. The third-order valence-corrected chi connectivity index (χ3v) is 3.49. The second kappa shape index (κ2) is 7.31. The van der Waals surface area contributed by atoms with Crippen LogP contribution >= 0.6 is 11.6 Å². The highest BCUT2D eigenvalue weighted by molar-refractivity contribution is 6.33. The second-order valence-electron chi connectivity index (χ2n) is 5.44. The molecule has 1 aromatic carbocycles. The van der Waals surface area contributed by atoms with Gasteiger partial charge in [-0.25, -0.2) is 9.47 Å². The van der Waals surface area contributed by atoms with Crippen LogP contribution in [0.25, 0.3) is 11.3 Å². The molecule has 25 heavy (non-hydrogen) atoms. The SMILES string of the molecule is CC(C)OC(=O)c1cc(-c2ccc(C=Nn3cnnc3)o2)ccc1Cl. The van der Waals surface area contributed by atoms with Crippen molar-refractivity contribution in [3.05, 3.63) is 59.3 Å². The van der Waals surface area contributed by atoms with Crippen LogP contribution in [0.1, 0.15) is 30.0 Å². The average Bonchev–Trinajstić information content (AvgIpc) is 3.24. The maximum atomic E-state index is 12.1. The molecular weight excluding hydrogens is 344 g/mol. The lowest BCUT2D eigenvalue weighted by Gasteiger charge is -2.09. The van der Waals surface area contributed by atoms with E-state index in [4.69, 9.17) is 20.8 Å². The van der Waals surface area contributed by atoms with E-state index in [1.165, 1.54) is 23.5 Å². The second-order valence-corrected chi connectivity index (χ2v) is 5.84. The normalized spacial score (nSPS) is 11.4. The fourth-order valence-electron chi connectivity index (χ4n) is 2.07. The van der Waals surface area contributed by atoms with Crippen molar-refractivity contribution in [2.45, 2.75) is 20.0 Å². The number of halogens is 1. The van der Waals surface area contributed by atoms with Gasteiger partial charge in [0.15, 0.2) is 0 Å². The lowest BCUT2D eigenvalue weighted by atomic mass is 10.1. The number of ether oxygens (including phenoxy) is 1. The summed E-state index contributed by atoms with van der Waals surface area (Å²) >= 11 is 6.11. The summed E-state index contributed by atoms with van der Waals surface area (Å²) in [7, 11) is 0. The average molecular weight is 359 g/mol. The molecule has 0 aliphatic carbocycles. The smallest absolute Gasteiger partial charge is 0.339 e. The number of esters is 1. The first kappa shape index (κ1) is 16.9. The van der Waals surface area contributed by atoms with Gasteiger partial charge in [-0.3, -0.25) is 0 Å². The van der Waals surface area contributed by atoms with E-state index in [0.29, 0.717) is 27.7 Å². The molecule has 3 aromatic rings. The number of furan rings is 1. The summed E-state index contributed by atoms with van der Waals surface area (Å²) in [5, 5.41) is 11.8. The Bertz CT molecular complexity index is 901. The number of nitrogens with zero attached hydrogens (tertiary/aromatic N) is 4. The van der Waals surface area contributed by atoms with Gasteiger partial charge in [0.05, 0.1) is 22.9 Å². The number of aromatic nitrogens is 3. The standard InChI is InChI=1S/C17H15ClN4O3/c1-11(2)24-17(23)14-7-12(3-5-15(14)18)16-6-4-13(25-16)8-21-22-9-19-20-10-22/h3-11H,1-2H3. The Balaban J connectivity index is 1.84.